The Balaban J connectivity index is 3.12. The Morgan fingerprint density at radius 2 is 1.56 bits per heavy atom. The zero-order valence-electron chi connectivity index (χ0n) is 10.6. The van der Waals surface area contributed by atoms with Crippen LogP contribution < -0.4 is 0 Å². The smallest absolute Gasteiger partial charge is 0.115 e. The van der Waals surface area contributed by atoms with Crippen LogP contribution in [0.4, 0.5) is 0 Å². The van der Waals surface area contributed by atoms with Gasteiger partial charge in [-0.25, -0.2) is 0 Å². The number of phenols is 1. The molecular formula is C16H20O2. The minimum Gasteiger partial charge on any atom is -0.508 e. The molecule has 0 unspecified atom stereocenters. The van der Waals surface area contributed by atoms with Gasteiger partial charge in [0, 0.05) is 0 Å². The first-order valence-corrected chi connectivity index (χ1v) is 5.94. The van der Waals surface area contributed by atoms with Gasteiger partial charge in [-0.1, -0.05) is 30.4 Å². The molecule has 1 N–H and O–H groups in total. The molecule has 0 heterocycles. The van der Waals surface area contributed by atoms with Gasteiger partial charge in [-0.2, -0.15) is 0 Å². The lowest BCUT2D eigenvalue weighted by Crippen LogP contribution is -2.29. The minimum absolute atomic E-state index is 0.244. The molecule has 2 nitrogen and oxygen atoms in total. The molecule has 18 heavy (non-hydrogen) atoms. The van der Waals surface area contributed by atoms with E-state index in [2.05, 4.69) is 19.7 Å². The predicted octanol–water partition coefficient (Wildman–Crippen LogP) is 3.94. The lowest BCUT2D eigenvalue weighted by atomic mass is 9.87. The van der Waals surface area contributed by atoms with Crippen molar-refractivity contribution in [3.05, 3.63) is 67.8 Å². The zero-order valence-corrected chi connectivity index (χ0v) is 10.6. The standard InChI is InChI=1S/C16H20O2/c1-4-11-16(12-5-2,18-13-6-3)14-7-9-15(17)10-8-14/h4-10,17H,1-3,11-13H2. The highest BCUT2D eigenvalue weighted by Crippen LogP contribution is 2.35. The van der Waals surface area contributed by atoms with E-state index in [9.17, 15) is 5.11 Å². The first kappa shape index (κ1) is 14.3. The maximum atomic E-state index is 9.36. The summed E-state index contributed by atoms with van der Waals surface area (Å²) in [6, 6.07) is 7.05. The minimum atomic E-state index is -0.481. The van der Waals surface area contributed by atoms with Crippen LogP contribution in [-0.4, -0.2) is 11.7 Å². The van der Waals surface area contributed by atoms with E-state index in [1.165, 1.54) is 0 Å². The van der Waals surface area contributed by atoms with Gasteiger partial charge in [-0.3, -0.25) is 0 Å². The summed E-state index contributed by atoms with van der Waals surface area (Å²) in [4.78, 5) is 0. The van der Waals surface area contributed by atoms with Crippen LogP contribution in [0.2, 0.25) is 0 Å². The fourth-order valence-corrected chi connectivity index (χ4v) is 1.97. The van der Waals surface area contributed by atoms with Crippen molar-refractivity contribution in [2.75, 3.05) is 6.61 Å². The summed E-state index contributed by atoms with van der Waals surface area (Å²) >= 11 is 0. The van der Waals surface area contributed by atoms with E-state index in [0.717, 1.165) is 5.56 Å². The van der Waals surface area contributed by atoms with Crippen LogP contribution in [-0.2, 0) is 10.3 Å². The fraction of sp³-hybridized carbons (Fsp3) is 0.250. The van der Waals surface area contributed by atoms with Gasteiger partial charge < -0.3 is 9.84 Å². The van der Waals surface area contributed by atoms with Crippen molar-refractivity contribution in [1.29, 1.82) is 0 Å². The summed E-state index contributed by atoms with van der Waals surface area (Å²) in [5.74, 6) is 0.244. The number of aromatic hydroxyl groups is 1. The molecule has 0 aliphatic heterocycles. The van der Waals surface area contributed by atoms with E-state index in [-0.39, 0.29) is 5.75 Å². The number of phenolic OH excluding ortho intramolecular Hbond substituents is 1. The summed E-state index contributed by atoms with van der Waals surface area (Å²) in [6.07, 6.45) is 6.75. The second kappa shape index (κ2) is 6.82. The van der Waals surface area contributed by atoms with Gasteiger partial charge in [0.2, 0.25) is 0 Å². The second-order valence-corrected chi connectivity index (χ2v) is 4.13. The molecule has 0 atom stereocenters. The molecule has 1 aromatic carbocycles. The first-order valence-electron chi connectivity index (χ1n) is 5.94. The summed E-state index contributed by atoms with van der Waals surface area (Å²) in [5, 5.41) is 9.36. The Labute approximate surface area is 109 Å². The highest BCUT2D eigenvalue weighted by Gasteiger charge is 2.30. The van der Waals surface area contributed by atoms with Crippen LogP contribution >= 0.6 is 0 Å². The maximum Gasteiger partial charge on any atom is 0.115 e. The van der Waals surface area contributed by atoms with E-state index < -0.39 is 5.60 Å². The molecule has 1 rings (SSSR count). The van der Waals surface area contributed by atoms with Crippen LogP contribution in [0.15, 0.2) is 62.2 Å². The Kier molecular flexibility index (Phi) is 5.40. The topological polar surface area (TPSA) is 29.5 Å². The number of benzene rings is 1. The number of rotatable bonds is 8. The lowest BCUT2D eigenvalue weighted by molar-refractivity contribution is -0.0316. The Hall–Kier alpha value is -1.80. The van der Waals surface area contributed by atoms with Crippen molar-refractivity contribution in [1.82, 2.24) is 0 Å². The van der Waals surface area contributed by atoms with E-state index >= 15 is 0 Å². The van der Waals surface area contributed by atoms with Gasteiger partial charge in [-0.05, 0) is 30.5 Å². The Bertz CT molecular complexity index is 394. The van der Waals surface area contributed by atoms with Crippen LogP contribution in [0.3, 0.4) is 0 Å². The molecule has 0 saturated carbocycles. The van der Waals surface area contributed by atoms with E-state index in [1.807, 2.05) is 24.3 Å². The first-order chi connectivity index (χ1) is 8.68. The van der Waals surface area contributed by atoms with E-state index in [4.69, 9.17) is 4.74 Å². The summed E-state index contributed by atoms with van der Waals surface area (Å²) in [6.45, 7) is 11.7. The maximum absolute atomic E-state index is 9.36. The summed E-state index contributed by atoms with van der Waals surface area (Å²) in [7, 11) is 0. The summed E-state index contributed by atoms with van der Waals surface area (Å²) < 4.78 is 5.94. The van der Waals surface area contributed by atoms with Gasteiger partial charge in [0.1, 0.15) is 11.4 Å². The molecule has 0 fully saturated rings. The molecule has 0 aromatic heterocycles. The van der Waals surface area contributed by atoms with Gasteiger partial charge in [0.15, 0.2) is 0 Å². The molecule has 0 saturated heterocycles. The lowest BCUT2D eigenvalue weighted by Gasteiger charge is -2.32. The van der Waals surface area contributed by atoms with Gasteiger partial charge >= 0.3 is 0 Å². The molecule has 0 amide bonds. The third-order valence-corrected chi connectivity index (χ3v) is 2.82. The molecule has 96 valence electrons. The highest BCUT2D eigenvalue weighted by atomic mass is 16.5. The normalized spacial score (nSPS) is 10.9. The average molecular weight is 244 g/mol. The average Bonchev–Trinajstić information content (AvgIpc) is 2.37. The Morgan fingerprint density at radius 3 is 2.00 bits per heavy atom. The fourth-order valence-electron chi connectivity index (χ4n) is 1.97. The zero-order chi connectivity index (χ0) is 13.4. The van der Waals surface area contributed by atoms with Crippen molar-refractivity contribution < 1.29 is 9.84 Å². The molecule has 1 aromatic rings. The van der Waals surface area contributed by atoms with Gasteiger partial charge in [0.05, 0.1) is 6.61 Å². The van der Waals surface area contributed by atoms with Crippen molar-refractivity contribution in [3.8, 4) is 5.75 Å². The molecule has 0 spiro atoms. The predicted molar refractivity (Wildman–Crippen MR) is 75.6 cm³/mol. The summed E-state index contributed by atoms with van der Waals surface area (Å²) in [5.41, 5.74) is 0.521. The highest BCUT2D eigenvalue weighted by molar-refractivity contribution is 5.31. The molecule has 2 heteroatoms. The quantitative estimate of drug-likeness (QED) is 0.702. The molecule has 0 aliphatic carbocycles. The van der Waals surface area contributed by atoms with Crippen molar-refractivity contribution >= 4 is 0 Å². The Morgan fingerprint density at radius 1 is 1.00 bits per heavy atom. The van der Waals surface area contributed by atoms with E-state index in [0.29, 0.717) is 19.4 Å². The molecule has 0 radical (unpaired) electrons. The van der Waals surface area contributed by atoms with E-state index in [1.54, 1.807) is 18.2 Å². The SMILES string of the molecule is C=CCOC(CC=C)(CC=C)c1ccc(O)cc1. The van der Waals surface area contributed by atoms with Crippen LogP contribution in [0, 0.1) is 0 Å². The van der Waals surface area contributed by atoms with Crippen LogP contribution in [0.5, 0.6) is 5.75 Å². The van der Waals surface area contributed by atoms with Crippen molar-refractivity contribution in [2.24, 2.45) is 0 Å². The third-order valence-electron chi connectivity index (χ3n) is 2.82. The number of hydrogen-bond donors (Lipinski definition) is 1. The van der Waals surface area contributed by atoms with Gasteiger partial charge in [-0.15, -0.1) is 19.7 Å². The molecule has 0 aliphatic rings. The largest absolute Gasteiger partial charge is 0.508 e. The molecular weight excluding hydrogens is 224 g/mol. The third kappa shape index (κ3) is 3.34. The van der Waals surface area contributed by atoms with Crippen LogP contribution in [0.25, 0.3) is 0 Å². The van der Waals surface area contributed by atoms with Crippen LogP contribution in [0.1, 0.15) is 18.4 Å². The number of hydrogen-bond acceptors (Lipinski definition) is 2. The van der Waals surface area contributed by atoms with Gasteiger partial charge in [0.25, 0.3) is 0 Å². The van der Waals surface area contributed by atoms with Crippen molar-refractivity contribution in [3.63, 3.8) is 0 Å². The number of ether oxygens (including phenoxy) is 1. The second-order valence-electron chi connectivity index (χ2n) is 4.13. The van der Waals surface area contributed by atoms with Crippen molar-refractivity contribution in [2.45, 2.75) is 18.4 Å². The molecule has 0 bridgehead atoms. The monoisotopic (exact) mass is 244 g/mol.